The molecule has 0 spiro atoms. The summed E-state index contributed by atoms with van der Waals surface area (Å²) in [6, 6.07) is 29.6. The Morgan fingerprint density at radius 1 is 0.720 bits per heavy atom. The van der Waals surface area contributed by atoms with E-state index in [1.165, 1.54) is 0 Å². The molecule has 50 heavy (non-hydrogen) atoms. The van der Waals surface area contributed by atoms with Gasteiger partial charge in [-0.15, -0.1) is 35.7 Å². The van der Waals surface area contributed by atoms with E-state index in [2.05, 4.69) is 33.8 Å². The van der Waals surface area contributed by atoms with Crippen LogP contribution in [0.2, 0.25) is 0 Å². The van der Waals surface area contributed by atoms with Gasteiger partial charge in [0.25, 0.3) is 0 Å². The van der Waals surface area contributed by atoms with E-state index < -0.39 is 28.3 Å². The van der Waals surface area contributed by atoms with Crippen LogP contribution >= 0.6 is 0 Å². The van der Waals surface area contributed by atoms with Gasteiger partial charge in [0.2, 0.25) is 0 Å². The number of ether oxygens (including phenoxy) is 1. The maximum Gasteiger partial charge on any atom is 2.00 e. The van der Waals surface area contributed by atoms with E-state index in [0.717, 1.165) is 33.2 Å². The third kappa shape index (κ3) is 6.25. The first-order valence-corrected chi connectivity index (χ1v) is 16.1. The number of nitrogens with zero attached hydrogens (tertiary/aromatic N) is 4. The van der Waals surface area contributed by atoms with Crippen LogP contribution in [0.1, 0.15) is 58.5 Å². The molecule has 7 rings (SSSR count). The van der Waals surface area contributed by atoms with Crippen molar-refractivity contribution >= 4 is 21.8 Å². The molecule has 7 aromatic rings. The first-order chi connectivity index (χ1) is 23.2. The van der Waals surface area contributed by atoms with Gasteiger partial charge in [-0.2, -0.15) is 17.2 Å². The average molecular weight is 763 g/mol. The summed E-state index contributed by atoms with van der Waals surface area (Å²) in [6.45, 7) is 13.7. The predicted octanol–water partition coefficient (Wildman–Crippen LogP) is 10.7. The van der Waals surface area contributed by atoms with Crippen LogP contribution in [0.15, 0.2) is 85.1 Å². The molecule has 0 aliphatic heterocycles. The Kier molecular flexibility index (Phi) is 9.05. The number of aromatic nitrogens is 4. The molecule has 0 radical (unpaired) electrons. The molecule has 3 heterocycles. The molecule has 256 valence electrons. The molecule has 0 aliphatic rings. The Hall–Kier alpha value is -4.71. The molecule has 0 saturated carbocycles. The van der Waals surface area contributed by atoms with Gasteiger partial charge in [0.1, 0.15) is 23.3 Å². The zero-order valence-corrected chi connectivity index (χ0v) is 30.3. The van der Waals surface area contributed by atoms with Crippen molar-refractivity contribution in [3.63, 3.8) is 0 Å². The van der Waals surface area contributed by atoms with Crippen molar-refractivity contribution in [2.24, 2.45) is 0 Å². The molecule has 0 fully saturated rings. The van der Waals surface area contributed by atoms with Crippen LogP contribution in [0.3, 0.4) is 0 Å². The van der Waals surface area contributed by atoms with Gasteiger partial charge in [-0.05, 0) is 41.8 Å². The van der Waals surface area contributed by atoms with Crippen molar-refractivity contribution in [1.82, 2.24) is 19.3 Å². The molecule has 0 bridgehead atoms. The first-order valence-electron chi connectivity index (χ1n) is 16.1. The van der Waals surface area contributed by atoms with Crippen LogP contribution in [0.25, 0.3) is 44.4 Å². The van der Waals surface area contributed by atoms with E-state index in [0.29, 0.717) is 46.3 Å². The first kappa shape index (κ1) is 35.1. The second kappa shape index (κ2) is 12.9. The van der Waals surface area contributed by atoms with E-state index >= 15 is 8.78 Å². The molecule has 0 N–H and O–H groups in total. The molecular formula is C41H35F3N4OPd. The smallest absolute Gasteiger partial charge is 0.509 e. The van der Waals surface area contributed by atoms with Crippen molar-refractivity contribution in [2.45, 2.75) is 59.3 Å². The number of benzene rings is 4. The molecule has 0 atom stereocenters. The normalized spacial score (nSPS) is 12.0. The minimum absolute atomic E-state index is 0. The Morgan fingerprint density at radius 3 is 2.10 bits per heavy atom. The Morgan fingerprint density at radius 2 is 1.42 bits per heavy atom. The van der Waals surface area contributed by atoms with Crippen LogP contribution in [0.5, 0.6) is 11.5 Å². The Labute approximate surface area is 303 Å². The van der Waals surface area contributed by atoms with Crippen LogP contribution in [-0.2, 0) is 31.3 Å². The molecule has 0 saturated heterocycles. The Bertz CT molecular complexity index is 2380. The molecule has 0 aliphatic carbocycles. The predicted molar refractivity (Wildman–Crippen MR) is 187 cm³/mol. The number of halogens is 3. The third-order valence-electron chi connectivity index (χ3n) is 8.45. The molecule has 0 amide bonds. The standard InChI is InChI=1S/C41H35F3N4O.Pd/c1-24-17-18-45-35(19-24)47-33-14-9-8-13-29(33)30-16-15-28(23-34(30)47)49-27-12-10-11-26(22-27)48-39(41(5,6)7)37(38(46-48)40(2,3)4)36-31(43)20-25(42)21-32(36)44;/h8-21H,1-7H3;/q-2;+2. The number of rotatable bonds is 5. The maximum absolute atomic E-state index is 15.4. The van der Waals surface area contributed by atoms with Crippen molar-refractivity contribution in [1.29, 1.82) is 0 Å². The summed E-state index contributed by atoms with van der Waals surface area (Å²) >= 11 is 0. The van der Waals surface area contributed by atoms with Crippen molar-refractivity contribution < 1.29 is 38.3 Å². The van der Waals surface area contributed by atoms with Gasteiger partial charge in [0.15, 0.2) is 0 Å². The van der Waals surface area contributed by atoms with E-state index in [9.17, 15) is 4.39 Å². The zero-order chi connectivity index (χ0) is 34.8. The number of fused-ring (bicyclic) bond motifs is 3. The molecular weight excluding hydrogens is 728 g/mol. The number of pyridine rings is 1. The van der Waals surface area contributed by atoms with Crippen molar-refractivity contribution in [3.05, 3.63) is 132 Å². The quantitative estimate of drug-likeness (QED) is 0.130. The largest absolute Gasteiger partial charge is 2.00 e. The van der Waals surface area contributed by atoms with Gasteiger partial charge >= 0.3 is 20.4 Å². The van der Waals surface area contributed by atoms with Crippen molar-refractivity contribution in [2.75, 3.05) is 0 Å². The van der Waals surface area contributed by atoms with Gasteiger partial charge in [0.05, 0.1) is 17.0 Å². The summed E-state index contributed by atoms with van der Waals surface area (Å²) in [7, 11) is 0. The topological polar surface area (TPSA) is 44.9 Å². The number of aryl methyl sites for hydroxylation is 1. The Balaban J connectivity index is 0.00000432. The fraction of sp³-hybridized carbons (Fsp3) is 0.220. The molecule has 3 aromatic heterocycles. The van der Waals surface area contributed by atoms with E-state index in [4.69, 9.17) is 9.84 Å². The summed E-state index contributed by atoms with van der Waals surface area (Å²) in [5.41, 5.74) is 3.19. The van der Waals surface area contributed by atoms with Gasteiger partial charge in [-0.3, -0.25) is 4.68 Å². The summed E-state index contributed by atoms with van der Waals surface area (Å²) in [5, 5.41) is 7.04. The number of hydrogen-bond donors (Lipinski definition) is 0. The molecule has 4 aromatic carbocycles. The molecule has 0 unspecified atom stereocenters. The summed E-state index contributed by atoms with van der Waals surface area (Å²) in [6.07, 6.45) is 1.79. The number of para-hydroxylation sites is 1. The fourth-order valence-corrected chi connectivity index (χ4v) is 6.38. The second-order valence-corrected chi connectivity index (χ2v) is 14.4. The van der Waals surface area contributed by atoms with Crippen molar-refractivity contribution in [3.8, 4) is 34.1 Å². The van der Waals surface area contributed by atoms with Crippen LogP contribution in [0.4, 0.5) is 13.2 Å². The van der Waals surface area contributed by atoms with Crippen LogP contribution in [-0.4, -0.2) is 19.3 Å². The zero-order valence-electron chi connectivity index (χ0n) is 28.7. The third-order valence-corrected chi connectivity index (χ3v) is 8.45. The minimum atomic E-state index is -0.988. The second-order valence-electron chi connectivity index (χ2n) is 14.4. The fourth-order valence-electron chi connectivity index (χ4n) is 6.38. The van der Waals surface area contributed by atoms with Gasteiger partial charge in [-0.25, -0.2) is 18.2 Å². The number of hydrogen-bond acceptors (Lipinski definition) is 3. The van der Waals surface area contributed by atoms with Crippen LogP contribution < -0.4 is 4.74 Å². The summed E-state index contributed by atoms with van der Waals surface area (Å²) in [4.78, 5) is 4.65. The van der Waals surface area contributed by atoms with E-state index in [-0.39, 0.29) is 26.0 Å². The van der Waals surface area contributed by atoms with Gasteiger partial charge < -0.3 is 9.30 Å². The molecule has 5 nitrogen and oxygen atoms in total. The summed E-state index contributed by atoms with van der Waals surface area (Å²) < 4.78 is 55.0. The SMILES string of the molecule is Cc1ccnc(-n2c3[c-]c(Oc4[c-]c(-n5nc(C(C)(C)C)c(-c6c(F)cc(F)cc6F)c5C(C)(C)C)ccc4)ccc3c3ccccc32)c1.[Pd+2]. The van der Waals surface area contributed by atoms with E-state index in [1.807, 2.05) is 97.0 Å². The van der Waals surface area contributed by atoms with Gasteiger partial charge in [0, 0.05) is 51.7 Å². The van der Waals surface area contributed by atoms with E-state index in [1.54, 1.807) is 16.9 Å². The van der Waals surface area contributed by atoms with Crippen LogP contribution in [0, 0.1) is 36.5 Å². The minimum Gasteiger partial charge on any atom is -0.509 e. The average Bonchev–Trinajstić information content (AvgIpc) is 3.58. The molecule has 9 heteroatoms. The summed E-state index contributed by atoms with van der Waals surface area (Å²) in [5.74, 6) is -1.31. The monoisotopic (exact) mass is 762 g/mol. The van der Waals surface area contributed by atoms with Gasteiger partial charge in [-0.1, -0.05) is 65.3 Å². The maximum atomic E-state index is 15.4.